The number of halogens is 2. The van der Waals surface area contributed by atoms with Crippen molar-refractivity contribution >= 4 is 31.9 Å². The van der Waals surface area contributed by atoms with Crippen LogP contribution < -0.4 is 5.63 Å². The molecule has 0 aliphatic carbocycles. The first kappa shape index (κ1) is 7.02. The first-order chi connectivity index (χ1) is 4.22. The van der Waals surface area contributed by atoms with Crippen LogP contribution in [0.25, 0.3) is 0 Å². The molecule has 1 heterocycles. The average molecular weight is 254 g/mol. The minimum Gasteiger partial charge on any atom is -0.430 e. The van der Waals surface area contributed by atoms with Gasteiger partial charge < -0.3 is 4.42 Å². The van der Waals surface area contributed by atoms with Gasteiger partial charge in [-0.25, -0.2) is 4.79 Å². The van der Waals surface area contributed by atoms with Gasteiger partial charge in [0.2, 0.25) is 0 Å². The standard InChI is InChI=1S/C5H2Br2O2/c6-3-1-2-9-5(8)4(3)7/h1-2H. The van der Waals surface area contributed by atoms with Gasteiger partial charge in [0.1, 0.15) is 4.47 Å². The van der Waals surface area contributed by atoms with Crippen LogP contribution in [0.3, 0.4) is 0 Å². The predicted octanol–water partition coefficient (Wildman–Crippen LogP) is 2.16. The molecule has 1 aromatic rings. The van der Waals surface area contributed by atoms with Crippen molar-refractivity contribution in [2.24, 2.45) is 0 Å². The Labute approximate surface area is 68.1 Å². The average Bonchev–Trinajstić information content (AvgIpc) is 1.83. The molecule has 0 saturated carbocycles. The summed E-state index contributed by atoms with van der Waals surface area (Å²) in [6.45, 7) is 0. The summed E-state index contributed by atoms with van der Waals surface area (Å²) in [5.41, 5.74) is -0.371. The SMILES string of the molecule is O=c1occc(Br)c1Br. The largest absolute Gasteiger partial charge is 0.430 e. The molecule has 0 aliphatic rings. The molecular weight excluding hydrogens is 252 g/mol. The molecule has 0 N–H and O–H groups in total. The summed E-state index contributed by atoms with van der Waals surface area (Å²) < 4.78 is 5.63. The molecule has 0 aliphatic heterocycles. The van der Waals surface area contributed by atoms with Gasteiger partial charge in [-0.1, -0.05) is 0 Å². The van der Waals surface area contributed by atoms with E-state index >= 15 is 0 Å². The molecule has 1 rings (SSSR count). The smallest absolute Gasteiger partial charge is 0.351 e. The fourth-order valence-corrected chi connectivity index (χ4v) is 0.873. The highest BCUT2D eigenvalue weighted by atomic mass is 79.9. The van der Waals surface area contributed by atoms with Crippen LogP contribution in [0, 0.1) is 0 Å². The van der Waals surface area contributed by atoms with Crippen LogP contribution in [-0.2, 0) is 0 Å². The van der Waals surface area contributed by atoms with Crippen LogP contribution in [0.1, 0.15) is 0 Å². The van der Waals surface area contributed by atoms with Crippen LogP contribution in [-0.4, -0.2) is 0 Å². The van der Waals surface area contributed by atoms with Gasteiger partial charge in [-0.2, -0.15) is 0 Å². The van der Waals surface area contributed by atoms with Gasteiger partial charge in [-0.05, 0) is 37.9 Å². The summed E-state index contributed by atoms with van der Waals surface area (Å²) in [6.07, 6.45) is 1.33. The van der Waals surface area contributed by atoms with E-state index in [-0.39, 0.29) is 5.63 Å². The van der Waals surface area contributed by atoms with Gasteiger partial charge in [-0.15, -0.1) is 0 Å². The summed E-state index contributed by atoms with van der Waals surface area (Å²) in [4.78, 5) is 10.6. The molecule has 0 fully saturated rings. The predicted molar refractivity (Wildman–Crippen MR) is 40.4 cm³/mol. The van der Waals surface area contributed by atoms with E-state index in [1.165, 1.54) is 6.26 Å². The molecule has 0 unspecified atom stereocenters. The summed E-state index contributed by atoms with van der Waals surface area (Å²) in [6, 6.07) is 1.64. The monoisotopic (exact) mass is 252 g/mol. The second-order valence-corrected chi connectivity index (χ2v) is 3.02. The van der Waals surface area contributed by atoms with Crippen LogP contribution in [0.15, 0.2) is 30.5 Å². The van der Waals surface area contributed by atoms with Gasteiger partial charge >= 0.3 is 5.63 Å². The van der Waals surface area contributed by atoms with Crippen molar-refractivity contribution in [1.82, 2.24) is 0 Å². The first-order valence-electron chi connectivity index (χ1n) is 2.14. The molecule has 0 radical (unpaired) electrons. The van der Waals surface area contributed by atoms with E-state index < -0.39 is 0 Å². The molecule has 0 atom stereocenters. The molecule has 0 saturated heterocycles. The van der Waals surface area contributed by atoms with E-state index in [1.807, 2.05) is 0 Å². The Hall–Kier alpha value is -0.0900. The topological polar surface area (TPSA) is 30.2 Å². The lowest BCUT2D eigenvalue weighted by Gasteiger charge is -1.88. The Kier molecular flexibility index (Phi) is 2.08. The highest BCUT2D eigenvalue weighted by Gasteiger charge is 1.99. The zero-order chi connectivity index (χ0) is 6.85. The lowest BCUT2D eigenvalue weighted by atomic mass is 10.5. The molecule has 4 heteroatoms. The van der Waals surface area contributed by atoms with Crippen molar-refractivity contribution in [2.45, 2.75) is 0 Å². The van der Waals surface area contributed by atoms with E-state index in [9.17, 15) is 4.79 Å². The zero-order valence-corrected chi connectivity index (χ0v) is 7.40. The van der Waals surface area contributed by atoms with Crippen molar-refractivity contribution in [3.8, 4) is 0 Å². The lowest BCUT2D eigenvalue weighted by Crippen LogP contribution is -1.97. The lowest BCUT2D eigenvalue weighted by molar-refractivity contribution is 0.505. The van der Waals surface area contributed by atoms with E-state index in [4.69, 9.17) is 0 Å². The molecule has 2 nitrogen and oxygen atoms in total. The maximum atomic E-state index is 10.6. The fraction of sp³-hybridized carbons (Fsp3) is 0. The highest BCUT2D eigenvalue weighted by Crippen LogP contribution is 2.16. The van der Waals surface area contributed by atoms with Crippen molar-refractivity contribution in [1.29, 1.82) is 0 Å². The molecule has 0 amide bonds. The molecule has 9 heavy (non-hydrogen) atoms. The number of rotatable bonds is 0. The second-order valence-electron chi connectivity index (χ2n) is 1.37. The summed E-state index contributed by atoms with van der Waals surface area (Å²) in [7, 11) is 0. The van der Waals surface area contributed by atoms with Crippen molar-refractivity contribution in [2.75, 3.05) is 0 Å². The molecular formula is C5H2Br2O2. The van der Waals surface area contributed by atoms with E-state index in [1.54, 1.807) is 6.07 Å². The third-order valence-electron chi connectivity index (χ3n) is 0.778. The zero-order valence-electron chi connectivity index (χ0n) is 4.23. The molecule has 0 aromatic carbocycles. The van der Waals surface area contributed by atoms with E-state index in [0.29, 0.717) is 8.95 Å². The maximum absolute atomic E-state index is 10.6. The number of hydrogen-bond donors (Lipinski definition) is 0. The van der Waals surface area contributed by atoms with Crippen LogP contribution in [0.4, 0.5) is 0 Å². The molecule has 1 aromatic heterocycles. The van der Waals surface area contributed by atoms with E-state index in [2.05, 4.69) is 36.3 Å². The molecule has 0 bridgehead atoms. The van der Waals surface area contributed by atoms with E-state index in [0.717, 1.165) is 0 Å². The van der Waals surface area contributed by atoms with Crippen LogP contribution in [0.2, 0.25) is 0 Å². The Morgan fingerprint density at radius 3 is 2.56 bits per heavy atom. The first-order valence-corrected chi connectivity index (χ1v) is 3.73. The summed E-state index contributed by atoms with van der Waals surface area (Å²) >= 11 is 6.17. The van der Waals surface area contributed by atoms with Crippen LogP contribution in [0.5, 0.6) is 0 Å². The quantitative estimate of drug-likeness (QED) is 0.710. The van der Waals surface area contributed by atoms with Gasteiger partial charge in [0.25, 0.3) is 0 Å². The third-order valence-corrected chi connectivity index (χ3v) is 2.72. The Balaban J connectivity index is 3.43. The Morgan fingerprint density at radius 2 is 2.11 bits per heavy atom. The van der Waals surface area contributed by atoms with Gasteiger partial charge in [0.15, 0.2) is 0 Å². The Bertz CT molecular complexity index is 266. The third kappa shape index (κ3) is 1.43. The molecule has 0 spiro atoms. The number of hydrogen-bond acceptors (Lipinski definition) is 2. The fourth-order valence-electron chi connectivity index (χ4n) is 0.378. The molecule has 48 valence electrons. The van der Waals surface area contributed by atoms with Gasteiger partial charge in [-0.3, -0.25) is 0 Å². The summed E-state index contributed by atoms with van der Waals surface area (Å²) in [5.74, 6) is 0. The normalized spacial score (nSPS) is 9.56. The minimum atomic E-state index is -0.371. The van der Waals surface area contributed by atoms with Gasteiger partial charge in [0, 0.05) is 4.47 Å². The van der Waals surface area contributed by atoms with Gasteiger partial charge in [0.05, 0.1) is 6.26 Å². The Morgan fingerprint density at radius 1 is 1.44 bits per heavy atom. The van der Waals surface area contributed by atoms with Crippen molar-refractivity contribution in [3.63, 3.8) is 0 Å². The second kappa shape index (κ2) is 2.66. The minimum absolute atomic E-state index is 0.371. The highest BCUT2D eigenvalue weighted by molar-refractivity contribution is 9.13. The van der Waals surface area contributed by atoms with Crippen molar-refractivity contribution < 1.29 is 4.42 Å². The van der Waals surface area contributed by atoms with Crippen LogP contribution >= 0.6 is 31.9 Å². The van der Waals surface area contributed by atoms with Crippen molar-refractivity contribution in [3.05, 3.63) is 31.7 Å². The summed E-state index contributed by atoms with van der Waals surface area (Å²) in [5, 5.41) is 0. The maximum Gasteiger partial charge on any atom is 0.351 e.